The molecule has 0 aliphatic carbocycles. The van der Waals surface area contributed by atoms with Crippen molar-refractivity contribution < 1.29 is 18.3 Å². The van der Waals surface area contributed by atoms with Crippen LogP contribution in [-0.2, 0) is 4.79 Å². The van der Waals surface area contributed by atoms with Crippen molar-refractivity contribution in [2.24, 2.45) is 0 Å². The molecule has 2 saturated heterocycles. The zero-order chi connectivity index (χ0) is 33.8. The highest BCUT2D eigenvalue weighted by molar-refractivity contribution is 6.49. The van der Waals surface area contributed by atoms with Gasteiger partial charge in [0.25, 0.3) is 5.91 Å². The smallest absolute Gasteiger partial charge is 0.319 e. The Kier molecular flexibility index (Phi) is 10.5. The molecule has 5 rings (SSSR count). The van der Waals surface area contributed by atoms with Crippen molar-refractivity contribution >= 4 is 45.3 Å². The quantitative estimate of drug-likeness (QED) is 0.221. The molecule has 2 aliphatic heterocycles. The van der Waals surface area contributed by atoms with Crippen LogP contribution in [0.2, 0.25) is 0 Å². The number of benzene rings is 1. The zero-order valence-electron chi connectivity index (χ0n) is 26.8. The maximum Gasteiger partial charge on any atom is 0.319 e. The summed E-state index contributed by atoms with van der Waals surface area (Å²) in [6.07, 6.45) is 6.86. The number of carbonyl (C=O) groups is 1. The van der Waals surface area contributed by atoms with Gasteiger partial charge in [-0.15, -0.1) is 0 Å². The molecule has 9 nitrogen and oxygen atoms in total. The van der Waals surface area contributed by atoms with E-state index in [0.29, 0.717) is 40.0 Å². The lowest BCUT2D eigenvalue weighted by Crippen LogP contribution is -2.55. The van der Waals surface area contributed by atoms with Gasteiger partial charge < -0.3 is 14.5 Å². The Bertz CT molecular complexity index is 1770. The van der Waals surface area contributed by atoms with Gasteiger partial charge in [0, 0.05) is 54.1 Å². The lowest BCUT2D eigenvalue weighted by molar-refractivity contribution is -0.131. The highest BCUT2D eigenvalue weighted by atomic mass is 35.5. The highest BCUT2D eigenvalue weighted by Crippen LogP contribution is 2.38. The van der Waals surface area contributed by atoms with Crippen LogP contribution in [0.5, 0.6) is 6.01 Å². The van der Waals surface area contributed by atoms with Gasteiger partial charge in [0.15, 0.2) is 11.6 Å². The summed E-state index contributed by atoms with van der Waals surface area (Å²) in [6.45, 7) is 14.9. The maximum atomic E-state index is 16.8. The summed E-state index contributed by atoms with van der Waals surface area (Å²) >= 11 is 6.61. The van der Waals surface area contributed by atoms with Crippen molar-refractivity contribution in [3.05, 3.63) is 66.4 Å². The number of pyridine rings is 1. The number of anilines is 1. The minimum absolute atomic E-state index is 0.00108. The molecule has 2 fully saturated rings. The lowest BCUT2D eigenvalue weighted by Gasteiger charge is -2.41. The van der Waals surface area contributed by atoms with Crippen LogP contribution >= 0.6 is 11.6 Å². The van der Waals surface area contributed by atoms with Crippen molar-refractivity contribution in [1.82, 2.24) is 24.8 Å². The fourth-order valence-corrected chi connectivity index (χ4v) is 6.71. The zero-order valence-corrected chi connectivity index (χ0v) is 27.6. The van der Waals surface area contributed by atoms with E-state index in [1.165, 1.54) is 11.1 Å². The van der Waals surface area contributed by atoms with Crippen LogP contribution in [-0.4, -0.2) is 81.6 Å². The largest absolute Gasteiger partial charge is 0.462 e. The number of hydrogen-bond donors (Lipinski definition) is 0. The summed E-state index contributed by atoms with van der Waals surface area (Å²) in [5, 5.41) is 10.2. The number of carbonyl (C=O) groups excluding carboxylic acids is 1. The average molecular weight is 662 g/mol. The Labute approximate surface area is 278 Å². The Morgan fingerprint density at radius 2 is 2.04 bits per heavy atom. The van der Waals surface area contributed by atoms with Crippen molar-refractivity contribution in [2.45, 2.75) is 58.2 Å². The number of allylic oxidation sites excluding steroid dienone is 1. The molecule has 4 heterocycles. The minimum atomic E-state index is -1.09. The molecular weight excluding hydrogens is 624 g/mol. The van der Waals surface area contributed by atoms with Crippen molar-refractivity contribution in [3.63, 3.8) is 0 Å². The predicted octanol–water partition coefficient (Wildman–Crippen LogP) is 6.74. The van der Waals surface area contributed by atoms with E-state index in [2.05, 4.69) is 47.9 Å². The number of rotatable bonds is 10. The van der Waals surface area contributed by atoms with E-state index in [9.17, 15) is 14.4 Å². The van der Waals surface area contributed by atoms with Crippen molar-refractivity contribution in [1.29, 1.82) is 5.26 Å². The highest BCUT2D eigenvalue weighted by Gasteiger charge is 2.34. The van der Waals surface area contributed by atoms with Crippen LogP contribution in [0.1, 0.15) is 51.2 Å². The first kappa shape index (κ1) is 33.9. The summed E-state index contributed by atoms with van der Waals surface area (Å²) in [7, 11) is 0. The van der Waals surface area contributed by atoms with E-state index in [4.69, 9.17) is 21.3 Å². The van der Waals surface area contributed by atoms with Crippen molar-refractivity contribution in [2.75, 3.05) is 37.7 Å². The Balaban J connectivity index is 1.62. The molecule has 0 N–H and O–H groups in total. The molecule has 2 aromatic heterocycles. The van der Waals surface area contributed by atoms with Gasteiger partial charge in [-0.25, -0.2) is 8.78 Å². The molecule has 2 aliphatic rings. The van der Waals surface area contributed by atoms with Gasteiger partial charge in [0.1, 0.15) is 23.6 Å². The van der Waals surface area contributed by atoms with Gasteiger partial charge in [-0.1, -0.05) is 55.1 Å². The molecule has 0 unspecified atom stereocenters. The number of aromatic nitrogens is 3. The first-order valence-corrected chi connectivity index (χ1v) is 16.1. The summed E-state index contributed by atoms with van der Waals surface area (Å²) in [4.78, 5) is 31.9. The molecule has 47 heavy (non-hydrogen) atoms. The third kappa shape index (κ3) is 6.85. The van der Waals surface area contributed by atoms with E-state index in [0.717, 1.165) is 24.9 Å². The summed E-state index contributed by atoms with van der Waals surface area (Å²) in [5.74, 6) is -2.29. The van der Waals surface area contributed by atoms with Crippen LogP contribution in [0, 0.1) is 17.1 Å². The van der Waals surface area contributed by atoms with Crippen LogP contribution in [0.4, 0.5) is 14.6 Å². The molecule has 0 bridgehead atoms. The van der Waals surface area contributed by atoms with Gasteiger partial charge >= 0.3 is 6.01 Å². The number of fused-ring (bicyclic) bond motifs is 1. The Hall–Kier alpha value is -4.40. The number of amides is 1. The van der Waals surface area contributed by atoms with Gasteiger partial charge in [-0.3, -0.25) is 14.7 Å². The first-order chi connectivity index (χ1) is 22.6. The van der Waals surface area contributed by atoms with Crippen molar-refractivity contribution in [3.8, 4) is 23.3 Å². The monoisotopic (exact) mass is 661 g/mol. The second kappa shape index (κ2) is 14.6. The molecule has 1 amide bonds. The van der Waals surface area contributed by atoms with E-state index < -0.39 is 23.6 Å². The van der Waals surface area contributed by atoms with E-state index in [1.54, 1.807) is 31.2 Å². The Morgan fingerprint density at radius 3 is 2.72 bits per heavy atom. The molecule has 1 aromatic carbocycles. The van der Waals surface area contributed by atoms with Gasteiger partial charge in [-0.05, 0) is 45.7 Å². The number of likely N-dealkylation sites (tertiary alicyclic amines) is 1. The van der Waals surface area contributed by atoms with Crippen LogP contribution < -0.4 is 9.64 Å². The molecule has 246 valence electrons. The fraction of sp³-hybridized carbons (Fsp3) is 0.400. The second-order valence-corrected chi connectivity index (χ2v) is 12.3. The number of ether oxygens (including phenoxy) is 1. The van der Waals surface area contributed by atoms with Gasteiger partial charge in [-0.2, -0.15) is 15.2 Å². The third-order valence-corrected chi connectivity index (χ3v) is 9.21. The second-order valence-electron chi connectivity index (χ2n) is 11.9. The van der Waals surface area contributed by atoms with Gasteiger partial charge in [0.05, 0.1) is 23.9 Å². The molecule has 0 radical (unpaired) electrons. The number of nitrogens with zero attached hydrogens (tertiary/aromatic N) is 7. The molecule has 2 atom stereocenters. The van der Waals surface area contributed by atoms with Gasteiger partial charge in [0.2, 0.25) is 0 Å². The maximum absolute atomic E-state index is 16.8. The molecular formula is C35H38ClF2N7O2. The standard InChI is InChI=1S/C35H38ClF2N7O2/c1-6-23-10-8-12-26(29(23)28(36)7-2)31-30(38)32-27(18-40-31)33(42-35(41-32)47-20-25-11-9-15-44(25)21(3)4)43-16-17-45(34(46)22(5)37)24(19-43)13-14-39/h6-8,10,12,18,21,24-25H,1,5,9,11,13,15-17,19-20H2,2-4H3/b28-7+/t24-,25-/m0/s1. The minimum Gasteiger partial charge on any atom is -0.462 e. The first-order valence-electron chi connectivity index (χ1n) is 15.7. The predicted molar refractivity (Wildman–Crippen MR) is 181 cm³/mol. The Morgan fingerprint density at radius 1 is 1.26 bits per heavy atom. The number of nitriles is 1. The molecule has 3 aromatic rings. The number of piperazine rings is 1. The number of halogens is 3. The van der Waals surface area contributed by atoms with E-state index in [1.807, 2.05) is 11.0 Å². The number of hydrogen-bond acceptors (Lipinski definition) is 8. The topological polar surface area (TPSA) is 98.5 Å². The summed E-state index contributed by atoms with van der Waals surface area (Å²) in [6, 6.07) is 7.29. The summed E-state index contributed by atoms with van der Waals surface area (Å²) in [5.41, 5.74) is 1.83. The molecule has 0 saturated carbocycles. The van der Waals surface area contributed by atoms with Crippen LogP contribution in [0.15, 0.2) is 49.5 Å². The van der Waals surface area contributed by atoms with Crippen LogP contribution in [0.25, 0.3) is 33.3 Å². The van der Waals surface area contributed by atoms with E-state index >= 15 is 4.39 Å². The summed E-state index contributed by atoms with van der Waals surface area (Å²) < 4.78 is 36.8. The molecule has 12 heteroatoms. The lowest BCUT2D eigenvalue weighted by atomic mass is 9.97. The normalized spacial score (nSPS) is 18.9. The molecule has 0 spiro atoms. The van der Waals surface area contributed by atoms with E-state index in [-0.39, 0.29) is 49.3 Å². The average Bonchev–Trinajstić information content (AvgIpc) is 3.56. The fourth-order valence-electron chi connectivity index (χ4n) is 6.50. The third-order valence-electron chi connectivity index (χ3n) is 8.80. The SMILES string of the molecule is C=Cc1cccc(-c2ncc3c(N4CCN(C(=O)C(=C)F)[C@@H](CC#N)C4)nc(OC[C@@H]4CCCN4C(C)C)nc3c2F)c1/C(Cl)=C\C. The van der Waals surface area contributed by atoms with Crippen LogP contribution in [0.3, 0.4) is 0 Å².